The minimum absolute atomic E-state index is 0.00153. The Morgan fingerprint density at radius 1 is 1.09 bits per heavy atom. The van der Waals surface area contributed by atoms with Crippen molar-refractivity contribution in [3.05, 3.63) is 40.4 Å². The highest BCUT2D eigenvalue weighted by Crippen LogP contribution is 2.38. The minimum atomic E-state index is -0.564. The molecule has 3 aromatic rings. The Kier molecular flexibility index (Phi) is 6.69. The molecular formula is C23H24Cl2FN5O3. The van der Waals surface area contributed by atoms with Crippen molar-refractivity contribution in [3.8, 4) is 17.0 Å². The van der Waals surface area contributed by atoms with Gasteiger partial charge in [0.05, 0.1) is 28.8 Å². The Labute approximate surface area is 206 Å². The van der Waals surface area contributed by atoms with Gasteiger partial charge in [0, 0.05) is 26.2 Å². The molecule has 0 atom stereocenters. The molecule has 1 amide bonds. The first kappa shape index (κ1) is 24.2. The standard InChI is InChI=1S/C23H24Cl2FN5O3/c1-23(2,3)34-22(32)31-10-8-30(9-11-31)20-13-12-14(24)18(27-19(13)28-21(25)29-20)17-15(26)6-5-7-16(17)33-4/h5-7,12H,8-11H2,1-4H3. The highest BCUT2D eigenvalue weighted by molar-refractivity contribution is 6.34. The lowest BCUT2D eigenvalue weighted by molar-refractivity contribution is 0.0240. The van der Waals surface area contributed by atoms with E-state index in [-0.39, 0.29) is 33.3 Å². The Hall–Kier alpha value is -2.91. The van der Waals surface area contributed by atoms with Gasteiger partial charge in [0.15, 0.2) is 5.65 Å². The summed E-state index contributed by atoms with van der Waals surface area (Å²) in [6, 6.07) is 6.13. The van der Waals surface area contributed by atoms with Crippen LogP contribution in [0.2, 0.25) is 10.3 Å². The summed E-state index contributed by atoms with van der Waals surface area (Å²) in [5.41, 5.74) is 0.0408. The number of pyridine rings is 1. The van der Waals surface area contributed by atoms with Crippen LogP contribution in [0.3, 0.4) is 0 Å². The fraction of sp³-hybridized carbons (Fsp3) is 0.391. The molecule has 0 radical (unpaired) electrons. The van der Waals surface area contributed by atoms with Crippen LogP contribution in [0.4, 0.5) is 15.0 Å². The lowest BCUT2D eigenvalue weighted by Crippen LogP contribution is -2.50. The average molecular weight is 508 g/mol. The van der Waals surface area contributed by atoms with Crippen LogP contribution in [-0.4, -0.2) is 64.8 Å². The smallest absolute Gasteiger partial charge is 0.410 e. The zero-order valence-corrected chi connectivity index (χ0v) is 20.7. The molecule has 0 aliphatic carbocycles. The summed E-state index contributed by atoms with van der Waals surface area (Å²) in [7, 11) is 1.45. The summed E-state index contributed by atoms with van der Waals surface area (Å²) >= 11 is 12.8. The van der Waals surface area contributed by atoms with Gasteiger partial charge in [-0.1, -0.05) is 17.7 Å². The first-order chi connectivity index (χ1) is 16.1. The van der Waals surface area contributed by atoms with Crippen LogP contribution >= 0.6 is 23.2 Å². The molecule has 0 spiro atoms. The third-order valence-electron chi connectivity index (χ3n) is 5.26. The van der Waals surface area contributed by atoms with Crippen LogP contribution < -0.4 is 9.64 Å². The molecule has 0 bridgehead atoms. The molecule has 11 heteroatoms. The number of ether oxygens (including phenoxy) is 2. The maximum absolute atomic E-state index is 14.7. The predicted octanol–water partition coefficient (Wildman–Crippen LogP) is 5.20. The van der Waals surface area contributed by atoms with Crippen molar-refractivity contribution in [2.24, 2.45) is 0 Å². The van der Waals surface area contributed by atoms with E-state index in [1.807, 2.05) is 25.7 Å². The summed E-state index contributed by atoms with van der Waals surface area (Å²) in [6.07, 6.45) is -0.356. The Morgan fingerprint density at radius 2 is 1.79 bits per heavy atom. The molecule has 1 fully saturated rings. The third kappa shape index (κ3) is 4.95. The van der Waals surface area contributed by atoms with Crippen molar-refractivity contribution in [2.45, 2.75) is 26.4 Å². The van der Waals surface area contributed by atoms with Crippen molar-refractivity contribution >= 4 is 46.1 Å². The first-order valence-corrected chi connectivity index (χ1v) is 11.4. The third-order valence-corrected chi connectivity index (χ3v) is 5.71. The summed E-state index contributed by atoms with van der Waals surface area (Å²) in [6.45, 7) is 7.39. The number of amides is 1. The molecule has 0 unspecified atom stereocenters. The van der Waals surface area contributed by atoms with Crippen molar-refractivity contribution in [2.75, 3.05) is 38.2 Å². The van der Waals surface area contributed by atoms with E-state index in [0.29, 0.717) is 43.1 Å². The van der Waals surface area contributed by atoms with E-state index in [9.17, 15) is 9.18 Å². The van der Waals surface area contributed by atoms with Crippen molar-refractivity contribution in [1.29, 1.82) is 0 Å². The van der Waals surface area contributed by atoms with Gasteiger partial charge >= 0.3 is 6.09 Å². The molecule has 180 valence electrons. The number of rotatable bonds is 3. The summed E-state index contributed by atoms with van der Waals surface area (Å²) < 4.78 is 25.4. The first-order valence-electron chi connectivity index (χ1n) is 10.7. The lowest BCUT2D eigenvalue weighted by atomic mass is 10.1. The molecule has 34 heavy (non-hydrogen) atoms. The maximum atomic E-state index is 14.7. The monoisotopic (exact) mass is 507 g/mol. The fourth-order valence-electron chi connectivity index (χ4n) is 3.74. The summed E-state index contributed by atoms with van der Waals surface area (Å²) in [5.74, 6) is 0.319. The van der Waals surface area contributed by atoms with Crippen molar-refractivity contribution in [1.82, 2.24) is 19.9 Å². The van der Waals surface area contributed by atoms with Crippen molar-refractivity contribution < 1.29 is 18.7 Å². The van der Waals surface area contributed by atoms with Crippen LogP contribution in [0.1, 0.15) is 20.8 Å². The largest absolute Gasteiger partial charge is 0.496 e. The number of piperazine rings is 1. The number of hydrogen-bond donors (Lipinski definition) is 0. The second kappa shape index (κ2) is 9.38. The number of nitrogens with zero attached hydrogens (tertiary/aromatic N) is 5. The van der Waals surface area contributed by atoms with Gasteiger partial charge in [-0.2, -0.15) is 9.97 Å². The van der Waals surface area contributed by atoms with E-state index in [1.165, 1.54) is 13.2 Å². The summed E-state index contributed by atoms with van der Waals surface area (Å²) in [4.78, 5) is 29.2. The molecule has 2 aromatic heterocycles. The molecule has 1 aliphatic rings. The number of methoxy groups -OCH3 is 1. The SMILES string of the molecule is COc1cccc(F)c1-c1nc2nc(Cl)nc(N3CCN(C(=O)OC(C)(C)C)CC3)c2cc1Cl. The highest BCUT2D eigenvalue weighted by atomic mass is 35.5. The molecule has 1 aromatic carbocycles. The van der Waals surface area contributed by atoms with E-state index in [0.717, 1.165) is 0 Å². The van der Waals surface area contributed by atoms with E-state index in [4.69, 9.17) is 32.7 Å². The Morgan fingerprint density at radius 3 is 2.44 bits per heavy atom. The van der Waals surface area contributed by atoms with Crippen LogP contribution in [0, 0.1) is 5.82 Å². The number of hydrogen-bond acceptors (Lipinski definition) is 7. The predicted molar refractivity (Wildman–Crippen MR) is 129 cm³/mol. The van der Waals surface area contributed by atoms with Crippen LogP contribution in [0.15, 0.2) is 24.3 Å². The number of carbonyl (C=O) groups excluding carboxylic acids is 1. The van der Waals surface area contributed by atoms with E-state index < -0.39 is 11.4 Å². The number of benzene rings is 1. The molecule has 1 aliphatic heterocycles. The van der Waals surface area contributed by atoms with Crippen LogP contribution in [-0.2, 0) is 4.74 Å². The second-order valence-electron chi connectivity index (χ2n) is 8.78. The molecule has 0 N–H and O–H groups in total. The molecule has 1 saturated heterocycles. The molecule has 0 saturated carbocycles. The second-order valence-corrected chi connectivity index (χ2v) is 9.52. The van der Waals surface area contributed by atoms with Gasteiger partial charge in [0.25, 0.3) is 0 Å². The van der Waals surface area contributed by atoms with Gasteiger partial charge < -0.3 is 19.3 Å². The van der Waals surface area contributed by atoms with E-state index >= 15 is 0 Å². The molecular weight excluding hydrogens is 484 g/mol. The number of fused-ring (bicyclic) bond motifs is 1. The normalized spacial score (nSPS) is 14.4. The van der Waals surface area contributed by atoms with E-state index in [1.54, 1.807) is 23.1 Å². The molecule has 3 heterocycles. The van der Waals surface area contributed by atoms with Gasteiger partial charge in [-0.15, -0.1) is 0 Å². The van der Waals surface area contributed by atoms with Gasteiger partial charge in [-0.25, -0.2) is 14.2 Å². The topological polar surface area (TPSA) is 80.7 Å². The Balaban J connectivity index is 1.67. The number of carbonyl (C=O) groups is 1. The zero-order valence-electron chi connectivity index (χ0n) is 19.2. The number of halogens is 3. The fourth-order valence-corrected chi connectivity index (χ4v) is 4.14. The quantitative estimate of drug-likeness (QED) is 0.450. The van der Waals surface area contributed by atoms with Crippen molar-refractivity contribution in [3.63, 3.8) is 0 Å². The molecule has 4 rings (SSSR count). The minimum Gasteiger partial charge on any atom is -0.496 e. The van der Waals surface area contributed by atoms with Gasteiger partial charge in [0.2, 0.25) is 5.28 Å². The summed E-state index contributed by atoms with van der Waals surface area (Å²) in [5, 5.41) is 0.785. The number of aromatic nitrogens is 3. The van der Waals surface area contributed by atoms with Crippen LogP contribution in [0.5, 0.6) is 5.75 Å². The molecule has 8 nitrogen and oxygen atoms in total. The highest BCUT2D eigenvalue weighted by Gasteiger charge is 2.28. The lowest BCUT2D eigenvalue weighted by Gasteiger charge is -2.36. The average Bonchev–Trinajstić information content (AvgIpc) is 2.77. The van der Waals surface area contributed by atoms with Gasteiger partial charge in [-0.3, -0.25) is 0 Å². The number of anilines is 1. The van der Waals surface area contributed by atoms with E-state index in [2.05, 4.69) is 15.0 Å². The maximum Gasteiger partial charge on any atom is 0.410 e. The van der Waals surface area contributed by atoms with Gasteiger partial charge in [-0.05, 0) is 50.6 Å². The van der Waals surface area contributed by atoms with Gasteiger partial charge in [0.1, 0.15) is 23.0 Å². The van der Waals surface area contributed by atoms with Crippen LogP contribution in [0.25, 0.3) is 22.3 Å². The Bertz CT molecular complexity index is 1240. The zero-order chi connectivity index (χ0) is 24.6.